The van der Waals surface area contributed by atoms with Gasteiger partial charge in [0.25, 0.3) is 0 Å². The molecule has 0 aliphatic rings. The highest BCUT2D eigenvalue weighted by Crippen LogP contribution is 2.29. The molecule has 0 aliphatic heterocycles. The zero-order valence-corrected chi connectivity index (χ0v) is 11.4. The van der Waals surface area contributed by atoms with Crippen LogP contribution in [0.5, 0.6) is 0 Å². The van der Waals surface area contributed by atoms with Crippen LogP contribution in [0, 0.1) is 6.92 Å². The Balaban J connectivity index is 2.15. The second kappa shape index (κ2) is 6.19. The molecule has 0 aliphatic carbocycles. The van der Waals surface area contributed by atoms with Crippen molar-refractivity contribution in [3.63, 3.8) is 0 Å². The van der Waals surface area contributed by atoms with Crippen LogP contribution in [0.1, 0.15) is 28.7 Å². The molecular formula is C14H15F3N4. The molecule has 4 nitrogen and oxygen atoms in total. The topological polar surface area (TPSA) is 63.8 Å². The Labute approximate surface area is 120 Å². The van der Waals surface area contributed by atoms with Gasteiger partial charge in [-0.05, 0) is 37.1 Å². The van der Waals surface area contributed by atoms with E-state index in [1.807, 2.05) is 0 Å². The lowest BCUT2D eigenvalue weighted by Gasteiger charge is -2.16. The summed E-state index contributed by atoms with van der Waals surface area (Å²) in [6, 6.07) is 6.45. The summed E-state index contributed by atoms with van der Waals surface area (Å²) in [7, 11) is 0. The van der Waals surface area contributed by atoms with E-state index in [2.05, 4.69) is 15.4 Å². The highest BCUT2D eigenvalue weighted by Gasteiger charge is 2.30. The van der Waals surface area contributed by atoms with Crippen LogP contribution in [-0.4, -0.2) is 9.97 Å². The molecule has 1 atom stereocenters. The number of aryl methyl sites for hydroxylation is 1. The van der Waals surface area contributed by atoms with Crippen LogP contribution in [0.2, 0.25) is 0 Å². The number of alkyl halides is 3. The molecule has 0 radical (unpaired) electrons. The monoisotopic (exact) mass is 296 g/mol. The minimum Gasteiger partial charge on any atom is -0.271 e. The fourth-order valence-electron chi connectivity index (χ4n) is 1.98. The lowest BCUT2D eigenvalue weighted by molar-refractivity contribution is -0.137. The SMILES string of the molecule is Cc1nccc(C(Cc2ccc(C(F)(F)F)cc2)NN)n1. The van der Waals surface area contributed by atoms with Crippen molar-refractivity contribution in [2.24, 2.45) is 5.84 Å². The summed E-state index contributed by atoms with van der Waals surface area (Å²) in [5.41, 5.74) is 3.40. The van der Waals surface area contributed by atoms with Crippen molar-refractivity contribution < 1.29 is 13.2 Å². The Hall–Kier alpha value is -1.99. The number of hydrazine groups is 1. The van der Waals surface area contributed by atoms with Gasteiger partial charge in [0.1, 0.15) is 5.82 Å². The number of benzene rings is 1. The van der Waals surface area contributed by atoms with E-state index < -0.39 is 11.7 Å². The predicted octanol–water partition coefficient (Wildman–Crippen LogP) is 2.55. The minimum absolute atomic E-state index is 0.288. The van der Waals surface area contributed by atoms with Gasteiger partial charge in [-0.3, -0.25) is 11.3 Å². The minimum atomic E-state index is -4.33. The molecule has 21 heavy (non-hydrogen) atoms. The van der Waals surface area contributed by atoms with Gasteiger partial charge in [0.2, 0.25) is 0 Å². The third-order valence-corrected chi connectivity index (χ3v) is 3.08. The molecule has 2 aromatic rings. The van der Waals surface area contributed by atoms with Gasteiger partial charge >= 0.3 is 6.18 Å². The van der Waals surface area contributed by atoms with Crippen LogP contribution in [0.4, 0.5) is 13.2 Å². The van der Waals surface area contributed by atoms with Crippen LogP contribution in [0.15, 0.2) is 36.5 Å². The Kier molecular flexibility index (Phi) is 4.54. The Morgan fingerprint density at radius 2 is 1.86 bits per heavy atom. The van der Waals surface area contributed by atoms with Crippen LogP contribution < -0.4 is 11.3 Å². The second-order valence-corrected chi connectivity index (χ2v) is 4.65. The van der Waals surface area contributed by atoms with Gasteiger partial charge in [0.05, 0.1) is 17.3 Å². The molecule has 0 saturated carbocycles. The van der Waals surface area contributed by atoms with E-state index >= 15 is 0 Å². The average Bonchev–Trinajstić information content (AvgIpc) is 2.44. The number of nitrogens with one attached hydrogen (secondary N) is 1. The molecule has 1 heterocycles. The van der Waals surface area contributed by atoms with Gasteiger partial charge < -0.3 is 0 Å². The molecule has 3 N–H and O–H groups in total. The molecule has 1 aromatic carbocycles. The fourth-order valence-corrected chi connectivity index (χ4v) is 1.98. The van der Waals surface area contributed by atoms with Gasteiger partial charge in [-0.25, -0.2) is 9.97 Å². The van der Waals surface area contributed by atoms with Crippen molar-refractivity contribution in [2.75, 3.05) is 0 Å². The van der Waals surface area contributed by atoms with Gasteiger partial charge in [0, 0.05) is 6.20 Å². The third-order valence-electron chi connectivity index (χ3n) is 3.08. The Morgan fingerprint density at radius 3 is 2.38 bits per heavy atom. The summed E-state index contributed by atoms with van der Waals surface area (Å²) in [6.07, 6.45) is -2.27. The summed E-state index contributed by atoms with van der Waals surface area (Å²) in [4.78, 5) is 8.26. The number of halogens is 3. The quantitative estimate of drug-likeness (QED) is 0.672. The largest absolute Gasteiger partial charge is 0.416 e. The van der Waals surface area contributed by atoms with Crippen LogP contribution in [0.3, 0.4) is 0 Å². The van der Waals surface area contributed by atoms with Crippen molar-refractivity contribution >= 4 is 0 Å². The summed E-state index contributed by atoms with van der Waals surface area (Å²) in [6.45, 7) is 1.76. The van der Waals surface area contributed by atoms with Crippen molar-refractivity contribution in [3.8, 4) is 0 Å². The van der Waals surface area contributed by atoms with E-state index in [4.69, 9.17) is 5.84 Å². The summed E-state index contributed by atoms with van der Waals surface area (Å²) < 4.78 is 37.5. The Morgan fingerprint density at radius 1 is 1.19 bits per heavy atom. The fraction of sp³-hybridized carbons (Fsp3) is 0.286. The Bertz CT molecular complexity index is 596. The first-order chi connectivity index (χ1) is 9.90. The number of hydrogen-bond donors (Lipinski definition) is 2. The van der Waals surface area contributed by atoms with E-state index in [-0.39, 0.29) is 6.04 Å². The molecule has 0 fully saturated rings. The molecule has 2 rings (SSSR count). The molecule has 1 aromatic heterocycles. The van der Waals surface area contributed by atoms with Crippen molar-refractivity contribution in [2.45, 2.75) is 25.6 Å². The van der Waals surface area contributed by atoms with E-state index in [9.17, 15) is 13.2 Å². The maximum Gasteiger partial charge on any atom is 0.416 e. The number of nitrogens with zero attached hydrogens (tertiary/aromatic N) is 2. The van der Waals surface area contributed by atoms with Crippen molar-refractivity contribution in [1.82, 2.24) is 15.4 Å². The van der Waals surface area contributed by atoms with Crippen LogP contribution >= 0.6 is 0 Å². The summed E-state index contributed by atoms with van der Waals surface area (Å²) in [5, 5.41) is 0. The number of aromatic nitrogens is 2. The van der Waals surface area contributed by atoms with Gasteiger partial charge in [0.15, 0.2) is 0 Å². The van der Waals surface area contributed by atoms with Crippen molar-refractivity contribution in [3.05, 3.63) is 59.2 Å². The third kappa shape index (κ3) is 3.99. The number of nitrogens with two attached hydrogens (primary N) is 1. The lowest BCUT2D eigenvalue weighted by Crippen LogP contribution is -2.30. The normalized spacial score (nSPS) is 13.2. The number of hydrogen-bond acceptors (Lipinski definition) is 4. The van der Waals surface area contributed by atoms with Gasteiger partial charge in [-0.1, -0.05) is 12.1 Å². The molecular weight excluding hydrogens is 281 g/mol. The first-order valence-electron chi connectivity index (χ1n) is 6.32. The standard InChI is InChI=1S/C14H15F3N4/c1-9-19-7-6-12(20-9)13(21-18)8-10-2-4-11(5-3-10)14(15,16)17/h2-7,13,21H,8,18H2,1H3. The van der Waals surface area contributed by atoms with Crippen LogP contribution in [-0.2, 0) is 12.6 Å². The molecule has 1 unspecified atom stereocenters. The highest BCUT2D eigenvalue weighted by atomic mass is 19.4. The molecule has 112 valence electrons. The van der Waals surface area contributed by atoms with E-state index in [0.717, 1.165) is 17.7 Å². The predicted molar refractivity (Wildman–Crippen MR) is 72.0 cm³/mol. The summed E-state index contributed by atoms with van der Waals surface area (Å²) in [5.74, 6) is 6.12. The second-order valence-electron chi connectivity index (χ2n) is 4.65. The maximum atomic E-state index is 12.5. The molecule has 7 heteroatoms. The van der Waals surface area contributed by atoms with Gasteiger partial charge in [-0.15, -0.1) is 0 Å². The van der Waals surface area contributed by atoms with Crippen molar-refractivity contribution in [1.29, 1.82) is 0 Å². The van der Waals surface area contributed by atoms with E-state index in [0.29, 0.717) is 17.9 Å². The zero-order chi connectivity index (χ0) is 15.5. The summed E-state index contributed by atoms with van der Waals surface area (Å²) >= 11 is 0. The van der Waals surface area contributed by atoms with Gasteiger partial charge in [-0.2, -0.15) is 13.2 Å². The molecule has 0 amide bonds. The lowest BCUT2D eigenvalue weighted by atomic mass is 10.0. The molecule has 0 saturated heterocycles. The molecule has 0 spiro atoms. The molecule has 0 bridgehead atoms. The van der Waals surface area contributed by atoms with E-state index in [1.54, 1.807) is 19.2 Å². The zero-order valence-electron chi connectivity index (χ0n) is 11.4. The highest BCUT2D eigenvalue weighted by molar-refractivity contribution is 5.26. The average molecular weight is 296 g/mol. The smallest absolute Gasteiger partial charge is 0.271 e. The van der Waals surface area contributed by atoms with Crippen LogP contribution in [0.25, 0.3) is 0 Å². The van der Waals surface area contributed by atoms with E-state index in [1.165, 1.54) is 12.1 Å². The first-order valence-corrected chi connectivity index (χ1v) is 6.32. The first kappa shape index (κ1) is 15.4. The maximum absolute atomic E-state index is 12.5. The number of rotatable bonds is 4.